The molecule has 140 valence electrons. The number of nitrogens with one attached hydrogen (secondary N) is 1. The van der Waals surface area contributed by atoms with Gasteiger partial charge in [0.2, 0.25) is 5.91 Å². The van der Waals surface area contributed by atoms with Crippen LogP contribution in [0.15, 0.2) is 36.4 Å². The monoisotopic (exact) mass is 366 g/mol. The van der Waals surface area contributed by atoms with Crippen molar-refractivity contribution in [2.45, 2.75) is 32.7 Å². The van der Waals surface area contributed by atoms with Crippen molar-refractivity contribution >= 4 is 23.5 Å². The van der Waals surface area contributed by atoms with Crippen LogP contribution in [-0.2, 0) is 16.0 Å². The molecule has 6 heteroatoms. The highest BCUT2D eigenvalue weighted by Gasteiger charge is 2.25. The van der Waals surface area contributed by atoms with Crippen molar-refractivity contribution in [1.29, 1.82) is 0 Å². The maximum absolute atomic E-state index is 12.7. The lowest BCUT2D eigenvalue weighted by molar-refractivity contribution is -0.139. The first kappa shape index (κ1) is 18.6. The molecule has 1 atom stereocenters. The Labute approximate surface area is 157 Å². The zero-order valence-corrected chi connectivity index (χ0v) is 15.6. The Morgan fingerprint density at radius 1 is 1.07 bits per heavy atom. The van der Waals surface area contributed by atoms with Gasteiger partial charge in [-0.1, -0.05) is 18.2 Å². The minimum Gasteiger partial charge on any atom is -0.479 e. The average Bonchev–Trinajstić information content (AvgIpc) is 2.64. The number of benzene rings is 2. The summed E-state index contributed by atoms with van der Waals surface area (Å²) >= 11 is 0. The van der Waals surface area contributed by atoms with Gasteiger partial charge in [-0.25, -0.2) is 4.79 Å². The molecule has 2 aromatic rings. The zero-order valence-electron chi connectivity index (χ0n) is 15.6. The molecule has 2 N–H and O–H groups in total. The molecule has 1 aliphatic heterocycles. The predicted octanol–water partition coefficient (Wildman–Crippen LogP) is 2.77. The molecule has 0 saturated carbocycles. The largest absolute Gasteiger partial charge is 0.479 e. The smallest absolute Gasteiger partial charge is 0.330 e. The second kappa shape index (κ2) is 7.23. The van der Waals surface area contributed by atoms with Gasteiger partial charge in [-0.2, -0.15) is 0 Å². The Hall–Kier alpha value is -3.15. The van der Waals surface area contributed by atoms with Crippen LogP contribution in [0.2, 0.25) is 0 Å². The van der Waals surface area contributed by atoms with Crippen LogP contribution >= 0.6 is 0 Å². The Morgan fingerprint density at radius 3 is 2.48 bits per heavy atom. The van der Waals surface area contributed by atoms with Crippen LogP contribution in [0.3, 0.4) is 0 Å². The summed E-state index contributed by atoms with van der Waals surface area (Å²) in [4.78, 5) is 37.7. The number of hydrogen-bond acceptors (Lipinski definition) is 3. The number of carboxylic acids is 1. The molecule has 0 saturated heterocycles. The number of aryl methyl sites for hydroxylation is 3. The number of carboxylic acid groups (broad SMARTS) is 1. The first-order valence-corrected chi connectivity index (χ1v) is 8.78. The molecule has 1 aliphatic rings. The van der Waals surface area contributed by atoms with Crippen molar-refractivity contribution in [3.63, 3.8) is 0 Å². The molecule has 27 heavy (non-hydrogen) atoms. The minimum absolute atomic E-state index is 0.0420. The van der Waals surface area contributed by atoms with Gasteiger partial charge in [0.25, 0.3) is 5.91 Å². The first-order chi connectivity index (χ1) is 12.8. The molecule has 0 radical (unpaired) electrons. The standard InChI is InChI=1S/C21H22N2O4/c1-12-4-5-15(10-13(12)2)19(21(26)27)22-20(25)16-6-8-17-14(11-16)7-9-18(24)23(17)3/h4-6,8,10-11,19H,7,9H2,1-3H3,(H,22,25)(H,26,27). The van der Waals surface area contributed by atoms with E-state index in [4.69, 9.17) is 0 Å². The van der Waals surface area contributed by atoms with Crippen molar-refractivity contribution < 1.29 is 19.5 Å². The number of fused-ring (bicyclic) bond motifs is 1. The predicted molar refractivity (Wildman–Crippen MR) is 102 cm³/mol. The molecular formula is C21H22N2O4. The van der Waals surface area contributed by atoms with Gasteiger partial charge >= 0.3 is 5.97 Å². The third-order valence-corrected chi connectivity index (χ3v) is 5.07. The summed E-state index contributed by atoms with van der Waals surface area (Å²) in [6, 6.07) is 9.29. The third kappa shape index (κ3) is 3.69. The fourth-order valence-electron chi connectivity index (χ4n) is 3.24. The van der Waals surface area contributed by atoms with Crippen LogP contribution in [0.25, 0.3) is 0 Å². The van der Waals surface area contributed by atoms with Gasteiger partial charge < -0.3 is 15.3 Å². The average molecular weight is 366 g/mol. The Balaban J connectivity index is 1.85. The van der Waals surface area contributed by atoms with E-state index < -0.39 is 17.9 Å². The van der Waals surface area contributed by atoms with E-state index in [1.165, 1.54) is 0 Å². The maximum atomic E-state index is 12.7. The van der Waals surface area contributed by atoms with Gasteiger partial charge in [0, 0.05) is 24.7 Å². The highest BCUT2D eigenvalue weighted by Crippen LogP contribution is 2.28. The van der Waals surface area contributed by atoms with E-state index >= 15 is 0 Å². The lowest BCUT2D eigenvalue weighted by atomic mass is 9.98. The van der Waals surface area contributed by atoms with Crippen molar-refractivity contribution in [3.8, 4) is 0 Å². The molecule has 1 heterocycles. The molecule has 2 aromatic carbocycles. The molecule has 0 aromatic heterocycles. The van der Waals surface area contributed by atoms with Crippen molar-refractivity contribution in [1.82, 2.24) is 5.32 Å². The van der Waals surface area contributed by atoms with E-state index in [0.717, 1.165) is 22.4 Å². The lowest BCUT2D eigenvalue weighted by Crippen LogP contribution is -2.34. The van der Waals surface area contributed by atoms with Gasteiger partial charge in [0.15, 0.2) is 6.04 Å². The van der Waals surface area contributed by atoms with E-state index in [-0.39, 0.29) is 5.91 Å². The number of amides is 2. The highest BCUT2D eigenvalue weighted by molar-refractivity contribution is 6.00. The highest BCUT2D eigenvalue weighted by atomic mass is 16.4. The fraction of sp³-hybridized carbons (Fsp3) is 0.286. The molecule has 0 fully saturated rings. The lowest BCUT2D eigenvalue weighted by Gasteiger charge is -2.26. The zero-order chi connectivity index (χ0) is 19.7. The van der Waals surface area contributed by atoms with E-state index in [2.05, 4.69) is 5.32 Å². The summed E-state index contributed by atoms with van der Waals surface area (Å²) in [5.74, 6) is -1.53. The third-order valence-electron chi connectivity index (χ3n) is 5.07. The fourth-order valence-corrected chi connectivity index (χ4v) is 3.24. The number of anilines is 1. The Bertz CT molecular complexity index is 936. The second-order valence-corrected chi connectivity index (χ2v) is 6.88. The Morgan fingerprint density at radius 2 is 1.81 bits per heavy atom. The SMILES string of the molecule is Cc1ccc(C(NC(=O)c2ccc3c(c2)CCC(=O)N3C)C(=O)O)cc1C. The molecule has 2 amide bonds. The molecule has 6 nitrogen and oxygen atoms in total. The van der Waals surface area contributed by atoms with Crippen LogP contribution in [-0.4, -0.2) is 29.9 Å². The molecule has 1 unspecified atom stereocenters. The summed E-state index contributed by atoms with van der Waals surface area (Å²) in [6.45, 7) is 3.85. The number of carbonyl (C=O) groups is 3. The van der Waals surface area contributed by atoms with Gasteiger partial charge in [-0.3, -0.25) is 9.59 Å². The van der Waals surface area contributed by atoms with E-state index in [9.17, 15) is 19.5 Å². The van der Waals surface area contributed by atoms with Gasteiger partial charge in [0.1, 0.15) is 0 Å². The Kier molecular flexibility index (Phi) is 4.99. The van der Waals surface area contributed by atoms with Gasteiger partial charge in [-0.15, -0.1) is 0 Å². The number of rotatable bonds is 4. The summed E-state index contributed by atoms with van der Waals surface area (Å²) in [6.07, 6.45) is 0.966. The van der Waals surface area contributed by atoms with Crippen LogP contribution in [0, 0.1) is 13.8 Å². The van der Waals surface area contributed by atoms with E-state index in [1.54, 1.807) is 42.3 Å². The second-order valence-electron chi connectivity index (χ2n) is 6.88. The van der Waals surface area contributed by atoms with Crippen LogP contribution in [0.1, 0.15) is 45.1 Å². The summed E-state index contributed by atoms with van der Waals surface area (Å²) in [5.41, 5.74) is 4.63. The van der Waals surface area contributed by atoms with Crippen molar-refractivity contribution in [2.24, 2.45) is 0 Å². The molecular weight excluding hydrogens is 344 g/mol. The molecule has 0 spiro atoms. The number of carbonyl (C=O) groups excluding carboxylic acids is 2. The quantitative estimate of drug-likeness (QED) is 0.871. The van der Waals surface area contributed by atoms with Crippen molar-refractivity contribution in [2.75, 3.05) is 11.9 Å². The molecule has 3 rings (SSSR count). The van der Waals surface area contributed by atoms with Crippen LogP contribution < -0.4 is 10.2 Å². The summed E-state index contributed by atoms with van der Waals surface area (Å²) < 4.78 is 0. The molecule has 0 bridgehead atoms. The van der Waals surface area contributed by atoms with E-state index in [0.29, 0.717) is 24.0 Å². The van der Waals surface area contributed by atoms with Crippen LogP contribution in [0.5, 0.6) is 0 Å². The topological polar surface area (TPSA) is 86.7 Å². The maximum Gasteiger partial charge on any atom is 0.330 e. The number of nitrogens with zero attached hydrogens (tertiary/aromatic N) is 1. The molecule has 0 aliphatic carbocycles. The first-order valence-electron chi connectivity index (χ1n) is 8.78. The summed E-state index contributed by atoms with van der Waals surface area (Å²) in [7, 11) is 1.71. The van der Waals surface area contributed by atoms with Gasteiger partial charge in [0.05, 0.1) is 0 Å². The minimum atomic E-state index is -1.13. The van der Waals surface area contributed by atoms with E-state index in [1.807, 2.05) is 19.9 Å². The number of hydrogen-bond donors (Lipinski definition) is 2. The normalized spacial score (nSPS) is 14.5. The summed E-state index contributed by atoms with van der Waals surface area (Å²) in [5, 5.41) is 12.2. The van der Waals surface area contributed by atoms with Gasteiger partial charge in [-0.05, 0) is 60.7 Å². The van der Waals surface area contributed by atoms with Crippen LogP contribution in [0.4, 0.5) is 5.69 Å². The van der Waals surface area contributed by atoms with Crippen molar-refractivity contribution in [3.05, 3.63) is 64.2 Å². The number of aliphatic carboxylic acids is 1.